The largest absolute Gasteiger partial charge is 0.393 e. The summed E-state index contributed by atoms with van der Waals surface area (Å²) in [5.74, 6) is 0.260. The number of aliphatic hydroxyl groups is 1. The van der Waals surface area contributed by atoms with Crippen molar-refractivity contribution in [2.75, 3.05) is 19.3 Å². The van der Waals surface area contributed by atoms with Crippen LogP contribution in [0.4, 0.5) is 5.82 Å². The van der Waals surface area contributed by atoms with Gasteiger partial charge < -0.3 is 10.8 Å². The fourth-order valence-electron chi connectivity index (χ4n) is 2.44. The number of sulfonamides is 1. The number of hydrogen-bond acceptors (Lipinski definition) is 5. The number of anilines is 1. The zero-order chi connectivity index (χ0) is 14.9. The van der Waals surface area contributed by atoms with Gasteiger partial charge in [0.1, 0.15) is 4.90 Å². The van der Waals surface area contributed by atoms with E-state index in [1.54, 1.807) is 4.68 Å². The van der Waals surface area contributed by atoms with Crippen LogP contribution in [0.5, 0.6) is 0 Å². The molecule has 0 atom stereocenters. The van der Waals surface area contributed by atoms with Gasteiger partial charge >= 0.3 is 0 Å². The molecule has 0 spiro atoms. The maximum absolute atomic E-state index is 12.5. The zero-order valence-corrected chi connectivity index (χ0v) is 12.7. The van der Waals surface area contributed by atoms with Gasteiger partial charge in [-0.3, -0.25) is 4.68 Å². The predicted molar refractivity (Wildman–Crippen MR) is 75.5 cm³/mol. The van der Waals surface area contributed by atoms with Gasteiger partial charge in [-0.2, -0.15) is 5.10 Å². The lowest BCUT2D eigenvalue weighted by Crippen LogP contribution is -2.39. The molecule has 2 rings (SSSR count). The van der Waals surface area contributed by atoms with E-state index in [9.17, 15) is 13.5 Å². The van der Waals surface area contributed by atoms with Gasteiger partial charge in [0.2, 0.25) is 10.0 Å². The predicted octanol–water partition coefficient (Wildman–Crippen LogP) is 0.267. The van der Waals surface area contributed by atoms with Gasteiger partial charge in [-0.15, -0.1) is 0 Å². The highest BCUT2D eigenvalue weighted by atomic mass is 32.2. The van der Waals surface area contributed by atoms with E-state index >= 15 is 0 Å². The number of aromatic nitrogens is 2. The quantitative estimate of drug-likeness (QED) is 0.785. The van der Waals surface area contributed by atoms with E-state index in [1.165, 1.54) is 17.5 Å². The topological polar surface area (TPSA) is 101 Å². The Morgan fingerprint density at radius 2 is 2.20 bits per heavy atom. The molecule has 1 aromatic rings. The Morgan fingerprint density at radius 1 is 1.55 bits per heavy atom. The number of nitrogen functional groups attached to an aromatic ring is 1. The van der Waals surface area contributed by atoms with E-state index < -0.39 is 10.0 Å². The number of hydrogen-bond donors (Lipinski definition) is 2. The molecule has 7 nitrogen and oxygen atoms in total. The van der Waals surface area contributed by atoms with Crippen LogP contribution in [0.25, 0.3) is 0 Å². The van der Waals surface area contributed by atoms with Crippen molar-refractivity contribution in [3.05, 3.63) is 6.20 Å². The SMILES string of the molecule is CCCn1cc(S(=O)(=O)N(C)CC2CC(O)C2)c(N)n1. The van der Waals surface area contributed by atoms with Crippen molar-refractivity contribution in [2.24, 2.45) is 5.92 Å². The van der Waals surface area contributed by atoms with Crippen LogP contribution in [0.1, 0.15) is 26.2 Å². The molecule has 20 heavy (non-hydrogen) atoms. The summed E-state index contributed by atoms with van der Waals surface area (Å²) < 4.78 is 27.8. The van der Waals surface area contributed by atoms with Crippen molar-refractivity contribution in [3.63, 3.8) is 0 Å². The monoisotopic (exact) mass is 302 g/mol. The molecule has 1 fully saturated rings. The molecule has 0 aliphatic heterocycles. The number of aliphatic hydroxyl groups excluding tert-OH is 1. The molecule has 0 amide bonds. The molecule has 0 radical (unpaired) electrons. The molecule has 8 heteroatoms. The van der Waals surface area contributed by atoms with E-state index in [0.29, 0.717) is 25.9 Å². The maximum atomic E-state index is 12.5. The second-order valence-electron chi connectivity index (χ2n) is 5.42. The van der Waals surface area contributed by atoms with Crippen molar-refractivity contribution >= 4 is 15.8 Å². The number of nitrogens with zero attached hydrogens (tertiary/aromatic N) is 3. The van der Waals surface area contributed by atoms with E-state index in [4.69, 9.17) is 5.73 Å². The Hall–Kier alpha value is -1.12. The minimum atomic E-state index is -3.61. The molecule has 1 aromatic heterocycles. The third kappa shape index (κ3) is 2.97. The summed E-state index contributed by atoms with van der Waals surface area (Å²) in [4.78, 5) is 0.0633. The van der Waals surface area contributed by atoms with Crippen LogP contribution < -0.4 is 5.73 Å². The van der Waals surface area contributed by atoms with Crippen molar-refractivity contribution in [1.29, 1.82) is 0 Å². The Balaban J connectivity index is 2.12. The molecular formula is C12H22N4O3S. The zero-order valence-electron chi connectivity index (χ0n) is 11.9. The van der Waals surface area contributed by atoms with E-state index in [-0.39, 0.29) is 22.7 Å². The number of aryl methyl sites for hydroxylation is 1. The minimum Gasteiger partial charge on any atom is -0.393 e. The summed E-state index contributed by atoms with van der Waals surface area (Å²) in [6, 6.07) is 0. The number of nitrogens with two attached hydrogens (primary N) is 1. The van der Waals surface area contributed by atoms with Gasteiger partial charge in [0.05, 0.1) is 6.10 Å². The Bertz CT molecular complexity index is 563. The third-order valence-corrected chi connectivity index (χ3v) is 5.46. The van der Waals surface area contributed by atoms with Crippen LogP contribution in [0.3, 0.4) is 0 Å². The fourth-order valence-corrected chi connectivity index (χ4v) is 3.74. The lowest BCUT2D eigenvalue weighted by Gasteiger charge is -2.33. The third-order valence-electron chi connectivity index (χ3n) is 3.62. The molecule has 1 aliphatic rings. The van der Waals surface area contributed by atoms with Gasteiger partial charge in [0, 0.05) is 26.3 Å². The Labute approximate surface area is 119 Å². The molecule has 1 heterocycles. The summed E-state index contributed by atoms with van der Waals surface area (Å²) in [6.45, 7) is 3.02. The molecule has 1 saturated carbocycles. The van der Waals surface area contributed by atoms with Crippen LogP contribution in [0.2, 0.25) is 0 Å². The lowest BCUT2D eigenvalue weighted by molar-refractivity contribution is 0.0367. The molecular weight excluding hydrogens is 280 g/mol. The first-order valence-corrected chi connectivity index (χ1v) is 8.26. The maximum Gasteiger partial charge on any atom is 0.248 e. The second-order valence-corrected chi connectivity index (χ2v) is 7.43. The average molecular weight is 302 g/mol. The molecule has 0 bridgehead atoms. The standard InChI is InChI=1S/C12H22N4O3S/c1-3-4-16-8-11(12(13)14-16)20(18,19)15(2)7-9-5-10(17)6-9/h8-10,17H,3-7H2,1-2H3,(H2,13,14). The summed E-state index contributed by atoms with van der Waals surface area (Å²) in [5, 5.41) is 13.3. The summed E-state index contributed by atoms with van der Waals surface area (Å²) in [5.41, 5.74) is 5.72. The van der Waals surface area contributed by atoms with E-state index in [2.05, 4.69) is 5.10 Å². The highest BCUT2D eigenvalue weighted by molar-refractivity contribution is 7.89. The van der Waals surface area contributed by atoms with Crippen LogP contribution in [-0.4, -0.2) is 47.3 Å². The van der Waals surface area contributed by atoms with E-state index in [1.807, 2.05) is 6.92 Å². The number of rotatable bonds is 6. The normalized spacial score (nSPS) is 23.0. The molecule has 0 saturated heterocycles. The first kappa shape index (κ1) is 15.3. The highest BCUT2D eigenvalue weighted by Crippen LogP contribution is 2.29. The fraction of sp³-hybridized carbons (Fsp3) is 0.750. The Morgan fingerprint density at radius 3 is 2.75 bits per heavy atom. The first-order chi connectivity index (χ1) is 9.34. The molecule has 0 unspecified atom stereocenters. The van der Waals surface area contributed by atoms with Gasteiger partial charge in [0.15, 0.2) is 5.82 Å². The van der Waals surface area contributed by atoms with Crippen LogP contribution in [-0.2, 0) is 16.6 Å². The Kier molecular flexibility index (Phi) is 4.36. The minimum absolute atomic E-state index is 0.0407. The average Bonchev–Trinajstić information content (AvgIpc) is 2.69. The van der Waals surface area contributed by atoms with Gasteiger partial charge in [0.25, 0.3) is 0 Å². The van der Waals surface area contributed by atoms with Gasteiger partial charge in [-0.25, -0.2) is 12.7 Å². The highest BCUT2D eigenvalue weighted by Gasteiger charge is 2.33. The molecule has 3 N–H and O–H groups in total. The summed E-state index contributed by atoms with van der Waals surface area (Å²) in [7, 11) is -2.07. The molecule has 0 aromatic carbocycles. The summed E-state index contributed by atoms with van der Waals surface area (Å²) in [6.07, 6.45) is 3.37. The van der Waals surface area contributed by atoms with Crippen LogP contribution in [0, 0.1) is 5.92 Å². The van der Waals surface area contributed by atoms with Crippen LogP contribution >= 0.6 is 0 Å². The molecule has 1 aliphatic carbocycles. The second kappa shape index (κ2) is 5.71. The van der Waals surface area contributed by atoms with Crippen molar-refractivity contribution in [1.82, 2.24) is 14.1 Å². The van der Waals surface area contributed by atoms with Gasteiger partial charge in [-0.05, 0) is 25.2 Å². The van der Waals surface area contributed by atoms with Gasteiger partial charge in [-0.1, -0.05) is 6.92 Å². The molecule has 114 valence electrons. The van der Waals surface area contributed by atoms with Crippen molar-refractivity contribution in [2.45, 2.75) is 43.7 Å². The van der Waals surface area contributed by atoms with Crippen LogP contribution in [0.15, 0.2) is 11.1 Å². The van der Waals surface area contributed by atoms with E-state index in [0.717, 1.165) is 6.42 Å². The van der Waals surface area contributed by atoms with Crippen molar-refractivity contribution in [3.8, 4) is 0 Å². The first-order valence-electron chi connectivity index (χ1n) is 6.82. The smallest absolute Gasteiger partial charge is 0.248 e. The van der Waals surface area contributed by atoms with Crippen molar-refractivity contribution < 1.29 is 13.5 Å². The lowest BCUT2D eigenvalue weighted by atomic mass is 9.82. The summed E-state index contributed by atoms with van der Waals surface area (Å²) >= 11 is 0.